The van der Waals surface area contributed by atoms with Crippen LogP contribution in [0.25, 0.3) is 28.2 Å². The van der Waals surface area contributed by atoms with Crippen LogP contribution in [0, 0.1) is 0 Å². The molecule has 0 spiro atoms. The molecule has 0 aliphatic heterocycles. The van der Waals surface area contributed by atoms with Gasteiger partial charge in [-0.25, -0.2) is 0 Å². The highest BCUT2D eigenvalue weighted by molar-refractivity contribution is 6.09. The van der Waals surface area contributed by atoms with Crippen LogP contribution in [-0.2, 0) is 6.18 Å². The number of carbonyl (C=O) groups excluding carboxylic acids is 1. The number of fused-ring (bicyclic) bond motifs is 1. The summed E-state index contributed by atoms with van der Waals surface area (Å²) in [5.41, 5.74) is 2.62. The predicted octanol–water partition coefficient (Wildman–Crippen LogP) is 6.46. The van der Waals surface area contributed by atoms with Gasteiger partial charge in [-0.05, 0) is 60.2 Å². The van der Waals surface area contributed by atoms with Gasteiger partial charge in [0.15, 0.2) is 5.78 Å². The molecule has 4 rings (SSSR count). The van der Waals surface area contributed by atoms with E-state index in [0.29, 0.717) is 0 Å². The molecule has 0 saturated carbocycles. The highest BCUT2D eigenvalue weighted by Crippen LogP contribution is 2.32. The van der Waals surface area contributed by atoms with E-state index in [1.807, 2.05) is 24.3 Å². The quantitative estimate of drug-likeness (QED) is 0.301. The number of aromatic amines is 1. The fraction of sp³-hybridized carbons (Fsp3) is 0.0417. The number of alkyl halides is 3. The van der Waals surface area contributed by atoms with Gasteiger partial charge in [-0.3, -0.25) is 4.79 Å². The first kappa shape index (κ1) is 19.5. The Labute approximate surface area is 170 Å². The molecule has 0 amide bonds. The van der Waals surface area contributed by atoms with Gasteiger partial charge in [-0.15, -0.1) is 0 Å². The lowest BCUT2D eigenvalue weighted by molar-refractivity contribution is -0.137. The third-order valence-corrected chi connectivity index (χ3v) is 4.80. The number of carbonyl (C=O) groups is 1. The first-order valence-electron chi connectivity index (χ1n) is 9.13. The number of ketones is 1. The minimum absolute atomic E-state index is 0.143. The molecule has 0 saturated heterocycles. The summed E-state index contributed by atoms with van der Waals surface area (Å²) < 4.78 is 38.1. The lowest BCUT2D eigenvalue weighted by atomic mass is 10.0. The zero-order valence-corrected chi connectivity index (χ0v) is 15.6. The summed E-state index contributed by atoms with van der Waals surface area (Å²) in [6.07, 6.45) is -1.44. The number of benzene rings is 3. The van der Waals surface area contributed by atoms with Crippen molar-refractivity contribution in [3.05, 3.63) is 95.6 Å². The summed E-state index contributed by atoms with van der Waals surface area (Å²) in [7, 11) is 0. The normalized spacial score (nSPS) is 12.0. The number of hydrogen-bond donors (Lipinski definition) is 2. The summed E-state index contributed by atoms with van der Waals surface area (Å²) in [4.78, 5) is 15.8. The van der Waals surface area contributed by atoms with E-state index in [1.54, 1.807) is 30.3 Å². The number of aromatic hydroxyl groups is 1. The lowest BCUT2D eigenvalue weighted by Crippen LogP contribution is -2.05. The number of para-hydroxylation sites is 1. The van der Waals surface area contributed by atoms with Crippen LogP contribution in [0.15, 0.2) is 78.9 Å². The maximum Gasteiger partial charge on any atom is 0.416 e. The Balaban J connectivity index is 1.70. The molecule has 6 heteroatoms. The predicted molar refractivity (Wildman–Crippen MR) is 110 cm³/mol. The van der Waals surface area contributed by atoms with Crippen LogP contribution in [0.4, 0.5) is 13.2 Å². The number of H-pyrrole nitrogens is 1. The van der Waals surface area contributed by atoms with Gasteiger partial charge in [0.1, 0.15) is 5.75 Å². The van der Waals surface area contributed by atoms with Crippen LogP contribution in [0.1, 0.15) is 21.5 Å². The second-order valence-corrected chi connectivity index (χ2v) is 6.78. The molecule has 0 unspecified atom stereocenters. The molecular weight excluding hydrogens is 391 g/mol. The van der Waals surface area contributed by atoms with Crippen molar-refractivity contribution >= 4 is 22.8 Å². The molecule has 2 N–H and O–H groups in total. The Morgan fingerprint density at radius 2 is 1.57 bits per heavy atom. The van der Waals surface area contributed by atoms with Crippen molar-refractivity contribution in [2.75, 3.05) is 0 Å². The summed E-state index contributed by atoms with van der Waals surface area (Å²) in [5, 5.41) is 10.4. The second kappa shape index (κ2) is 7.55. The zero-order chi connectivity index (χ0) is 21.3. The van der Waals surface area contributed by atoms with Crippen LogP contribution < -0.4 is 0 Å². The molecule has 0 bridgehead atoms. The zero-order valence-electron chi connectivity index (χ0n) is 15.6. The van der Waals surface area contributed by atoms with Crippen molar-refractivity contribution in [1.82, 2.24) is 4.98 Å². The average Bonchev–Trinajstić information content (AvgIpc) is 3.10. The molecule has 30 heavy (non-hydrogen) atoms. The Bertz CT molecular complexity index is 1230. The van der Waals surface area contributed by atoms with Gasteiger partial charge in [-0.1, -0.05) is 30.3 Å². The molecule has 0 radical (unpaired) electrons. The summed E-state index contributed by atoms with van der Waals surface area (Å²) in [5.74, 6) is -0.255. The number of hydrogen-bond acceptors (Lipinski definition) is 2. The van der Waals surface area contributed by atoms with E-state index in [1.165, 1.54) is 18.2 Å². The van der Waals surface area contributed by atoms with E-state index < -0.39 is 17.5 Å². The number of phenols is 1. The van der Waals surface area contributed by atoms with E-state index >= 15 is 0 Å². The Morgan fingerprint density at radius 1 is 0.900 bits per heavy atom. The fourth-order valence-electron chi connectivity index (χ4n) is 3.27. The van der Waals surface area contributed by atoms with Gasteiger partial charge in [0.05, 0.1) is 11.3 Å². The number of allylic oxidation sites excluding steroid dienone is 1. The van der Waals surface area contributed by atoms with E-state index in [0.717, 1.165) is 39.9 Å². The Hall–Kier alpha value is -3.80. The SMILES string of the molecule is O=C(/C=C/c1c(-c2ccc(O)cc2)[nH]c2ccccc12)c1ccc(C(F)(F)F)cc1. The highest BCUT2D eigenvalue weighted by Gasteiger charge is 2.30. The van der Waals surface area contributed by atoms with Crippen LogP contribution >= 0.6 is 0 Å². The first-order chi connectivity index (χ1) is 14.3. The number of phenolic OH excluding ortho intramolecular Hbond substituents is 1. The van der Waals surface area contributed by atoms with Gasteiger partial charge < -0.3 is 10.1 Å². The molecule has 0 atom stereocenters. The highest BCUT2D eigenvalue weighted by atomic mass is 19.4. The summed E-state index contributed by atoms with van der Waals surface area (Å²) in [6, 6.07) is 18.4. The summed E-state index contributed by atoms with van der Waals surface area (Å²) in [6.45, 7) is 0. The van der Waals surface area contributed by atoms with Crippen molar-refractivity contribution in [1.29, 1.82) is 0 Å². The molecule has 1 aromatic heterocycles. The maximum absolute atomic E-state index is 12.7. The Morgan fingerprint density at radius 3 is 2.23 bits per heavy atom. The lowest BCUT2D eigenvalue weighted by Gasteiger charge is -2.06. The molecule has 3 aromatic carbocycles. The molecule has 3 nitrogen and oxygen atoms in total. The third kappa shape index (κ3) is 3.85. The molecule has 150 valence electrons. The number of aromatic nitrogens is 1. The van der Waals surface area contributed by atoms with E-state index in [2.05, 4.69) is 4.98 Å². The fourth-order valence-corrected chi connectivity index (χ4v) is 3.27. The van der Waals surface area contributed by atoms with Crippen LogP contribution in [0.3, 0.4) is 0 Å². The van der Waals surface area contributed by atoms with Gasteiger partial charge >= 0.3 is 6.18 Å². The topological polar surface area (TPSA) is 53.1 Å². The molecule has 0 aliphatic carbocycles. The van der Waals surface area contributed by atoms with E-state index in [4.69, 9.17) is 0 Å². The monoisotopic (exact) mass is 407 g/mol. The molecule has 0 aliphatic rings. The largest absolute Gasteiger partial charge is 0.508 e. The molecule has 4 aromatic rings. The van der Waals surface area contributed by atoms with Gasteiger partial charge in [0.2, 0.25) is 0 Å². The van der Waals surface area contributed by atoms with Crippen LogP contribution in [0.5, 0.6) is 5.75 Å². The Kier molecular flexibility index (Phi) is 4.91. The number of rotatable bonds is 4. The smallest absolute Gasteiger partial charge is 0.416 e. The van der Waals surface area contributed by atoms with Crippen molar-refractivity contribution in [2.45, 2.75) is 6.18 Å². The average molecular weight is 407 g/mol. The summed E-state index contributed by atoms with van der Waals surface area (Å²) >= 11 is 0. The first-order valence-corrected chi connectivity index (χ1v) is 9.13. The van der Waals surface area contributed by atoms with Crippen LogP contribution in [-0.4, -0.2) is 15.9 Å². The minimum Gasteiger partial charge on any atom is -0.508 e. The van der Waals surface area contributed by atoms with Gasteiger partial charge in [0, 0.05) is 22.0 Å². The standard InChI is InChI=1S/C24H16F3NO2/c25-24(26,27)17-9-5-15(6-10-17)22(30)14-13-20-19-3-1-2-4-21(19)28-23(20)16-7-11-18(29)12-8-16/h1-14,28-29H/b14-13+. The molecular formula is C24H16F3NO2. The number of nitrogens with one attached hydrogen (secondary N) is 1. The van der Waals surface area contributed by atoms with Crippen molar-refractivity contribution in [2.24, 2.45) is 0 Å². The van der Waals surface area contributed by atoms with Crippen molar-refractivity contribution in [3.63, 3.8) is 0 Å². The number of halogens is 3. The molecule has 0 fully saturated rings. The maximum atomic E-state index is 12.7. The van der Waals surface area contributed by atoms with Crippen LogP contribution in [0.2, 0.25) is 0 Å². The van der Waals surface area contributed by atoms with Crippen molar-refractivity contribution < 1.29 is 23.1 Å². The van der Waals surface area contributed by atoms with E-state index in [9.17, 15) is 23.1 Å². The molecule has 1 heterocycles. The second-order valence-electron chi connectivity index (χ2n) is 6.78. The van der Waals surface area contributed by atoms with Crippen molar-refractivity contribution in [3.8, 4) is 17.0 Å². The van der Waals surface area contributed by atoms with Gasteiger partial charge in [0.25, 0.3) is 0 Å². The minimum atomic E-state index is -4.44. The van der Waals surface area contributed by atoms with E-state index in [-0.39, 0.29) is 11.3 Å². The third-order valence-electron chi connectivity index (χ3n) is 4.80. The van der Waals surface area contributed by atoms with Gasteiger partial charge in [-0.2, -0.15) is 13.2 Å².